The molecule has 1 unspecified atom stereocenters. The topological polar surface area (TPSA) is 77.0 Å². The SMILES string of the molecule is CC1(C)OB(c2ccc3c(c2)CC(C(=O)O)CNO3)OC1(C)C. The summed E-state index contributed by atoms with van der Waals surface area (Å²) in [6.45, 7) is 8.29. The Balaban J connectivity index is 1.88. The van der Waals surface area contributed by atoms with E-state index in [0.717, 1.165) is 11.0 Å². The first-order chi connectivity index (χ1) is 10.7. The molecule has 0 radical (unpaired) electrons. The minimum Gasteiger partial charge on any atom is -0.481 e. The third-order valence-corrected chi connectivity index (χ3v) is 4.94. The van der Waals surface area contributed by atoms with Gasteiger partial charge in [0.1, 0.15) is 5.75 Å². The van der Waals surface area contributed by atoms with E-state index in [1.165, 1.54) is 0 Å². The van der Waals surface area contributed by atoms with Crippen LogP contribution in [0, 0.1) is 5.92 Å². The number of nitrogens with one attached hydrogen (secondary N) is 1. The average molecular weight is 319 g/mol. The predicted octanol–water partition coefficient (Wildman–Crippen LogP) is 1.13. The predicted molar refractivity (Wildman–Crippen MR) is 85.6 cm³/mol. The van der Waals surface area contributed by atoms with E-state index in [1.54, 1.807) is 0 Å². The highest BCUT2D eigenvalue weighted by Crippen LogP contribution is 2.36. The lowest BCUT2D eigenvalue weighted by molar-refractivity contribution is -0.141. The molecule has 2 N–H and O–H groups in total. The molecule has 3 rings (SSSR count). The van der Waals surface area contributed by atoms with E-state index in [0.29, 0.717) is 12.2 Å². The third kappa shape index (κ3) is 2.96. The van der Waals surface area contributed by atoms with Gasteiger partial charge in [-0.05, 0) is 51.2 Å². The summed E-state index contributed by atoms with van der Waals surface area (Å²) in [5.74, 6) is -0.714. The highest BCUT2D eigenvalue weighted by Gasteiger charge is 2.51. The molecule has 6 nitrogen and oxygen atoms in total. The first-order valence-electron chi connectivity index (χ1n) is 7.80. The number of hydrogen-bond acceptors (Lipinski definition) is 5. The molecule has 0 aliphatic carbocycles. The number of rotatable bonds is 2. The maximum Gasteiger partial charge on any atom is 0.494 e. The Hall–Kier alpha value is -1.57. The van der Waals surface area contributed by atoms with Crippen molar-refractivity contribution >= 4 is 18.6 Å². The van der Waals surface area contributed by atoms with Crippen molar-refractivity contribution in [2.45, 2.75) is 45.3 Å². The van der Waals surface area contributed by atoms with Crippen molar-refractivity contribution in [2.24, 2.45) is 5.92 Å². The van der Waals surface area contributed by atoms with E-state index < -0.39 is 30.2 Å². The van der Waals surface area contributed by atoms with Gasteiger partial charge < -0.3 is 19.3 Å². The lowest BCUT2D eigenvalue weighted by atomic mass is 9.77. The van der Waals surface area contributed by atoms with Crippen molar-refractivity contribution in [1.29, 1.82) is 0 Å². The molecule has 0 saturated carbocycles. The Morgan fingerprint density at radius 1 is 1.26 bits per heavy atom. The van der Waals surface area contributed by atoms with Crippen LogP contribution in [-0.4, -0.2) is 35.9 Å². The largest absolute Gasteiger partial charge is 0.494 e. The van der Waals surface area contributed by atoms with Crippen LogP contribution in [0.25, 0.3) is 0 Å². The molecule has 7 heteroatoms. The molecule has 2 aliphatic rings. The molecule has 0 bridgehead atoms. The first kappa shape index (κ1) is 16.3. The van der Waals surface area contributed by atoms with Gasteiger partial charge in [0.2, 0.25) is 0 Å². The van der Waals surface area contributed by atoms with Crippen molar-refractivity contribution in [3.05, 3.63) is 23.8 Å². The molecule has 1 aromatic rings. The second kappa shape index (κ2) is 5.51. The Bertz CT molecular complexity index is 615. The van der Waals surface area contributed by atoms with Crippen LogP contribution in [0.2, 0.25) is 0 Å². The zero-order chi connectivity index (χ0) is 16.8. The molecule has 1 fully saturated rings. The highest BCUT2D eigenvalue weighted by molar-refractivity contribution is 6.62. The van der Waals surface area contributed by atoms with E-state index in [-0.39, 0.29) is 6.54 Å². The average Bonchev–Trinajstić information content (AvgIpc) is 2.63. The van der Waals surface area contributed by atoms with Crippen molar-refractivity contribution in [1.82, 2.24) is 5.48 Å². The molecule has 124 valence electrons. The fraction of sp³-hybridized carbons (Fsp3) is 0.562. The number of carboxylic acids is 1. The van der Waals surface area contributed by atoms with Crippen molar-refractivity contribution in [2.75, 3.05) is 6.54 Å². The van der Waals surface area contributed by atoms with Crippen LogP contribution < -0.4 is 15.8 Å². The van der Waals surface area contributed by atoms with Gasteiger partial charge in [0.25, 0.3) is 0 Å². The van der Waals surface area contributed by atoms with Gasteiger partial charge in [-0.3, -0.25) is 4.79 Å². The molecule has 0 amide bonds. The van der Waals surface area contributed by atoms with Gasteiger partial charge in [-0.2, -0.15) is 5.48 Å². The van der Waals surface area contributed by atoms with Crippen molar-refractivity contribution in [3.8, 4) is 5.75 Å². The van der Waals surface area contributed by atoms with E-state index in [9.17, 15) is 9.90 Å². The van der Waals surface area contributed by atoms with Gasteiger partial charge >= 0.3 is 13.1 Å². The summed E-state index contributed by atoms with van der Waals surface area (Å²) in [6, 6.07) is 5.64. The maximum absolute atomic E-state index is 11.3. The van der Waals surface area contributed by atoms with Gasteiger partial charge in [0.05, 0.1) is 17.1 Å². The summed E-state index contributed by atoms with van der Waals surface area (Å²) in [5, 5.41) is 9.26. The molecule has 1 atom stereocenters. The zero-order valence-electron chi connectivity index (χ0n) is 13.9. The number of fused-ring (bicyclic) bond motifs is 1. The Kier molecular flexibility index (Phi) is 3.90. The quantitative estimate of drug-likeness (QED) is 0.796. The van der Waals surface area contributed by atoms with Gasteiger partial charge in [-0.25, -0.2) is 0 Å². The van der Waals surface area contributed by atoms with Crippen LogP contribution in [0.4, 0.5) is 0 Å². The smallest absolute Gasteiger partial charge is 0.481 e. The van der Waals surface area contributed by atoms with Crippen molar-refractivity contribution in [3.63, 3.8) is 0 Å². The zero-order valence-corrected chi connectivity index (χ0v) is 13.9. The second-order valence-electron chi connectivity index (χ2n) is 7.15. The van der Waals surface area contributed by atoms with Crippen LogP contribution in [0.3, 0.4) is 0 Å². The fourth-order valence-corrected chi connectivity index (χ4v) is 2.72. The number of hydrogen-bond donors (Lipinski definition) is 2. The molecular weight excluding hydrogens is 297 g/mol. The van der Waals surface area contributed by atoms with Crippen LogP contribution in [-0.2, 0) is 20.5 Å². The van der Waals surface area contributed by atoms with Crippen LogP contribution >= 0.6 is 0 Å². The highest BCUT2D eigenvalue weighted by atomic mass is 16.7. The van der Waals surface area contributed by atoms with Crippen LogP contribution in [0.5, 0.6) is 5.75 Å². The van der Waals surface area contributed by atoms with Gasteiger partial charge in [-0.1, -0.05) is 12.1 Å². The van der Waals surface area contributed by atoms with Gasteiger partial charge in [-0.15, -0.1) is 0 Å². The normalized spacial score (nSPS) is 25.4. The lowest BCUT2D eigenvalue weighted by Gasteiger charge is -2.32. The first-order valence-corrected chi connectivity index (χ1v) is 7.80. The van der Waals surface area contributed by atoms with E-state index in [1.807, 2.05) is 45.9 Å². The number of benzene rings is 1. The molecular formula is C16H22BNO5. The molecule has 23 heavy (non-hydrogen) atoms. The fourth-order valence-electron chi connectivity index (χ4n) is 2.72. The summed E-state index contributed by atoms with van der Waals surface area (Å²) < 4.78 is 12.1. The summed E-state index contributed by atoms with van der Waals surface area (Å²) in [6.07, 6.45) is 0.408. The molecule has 0 aromatic heterocycles. The van der Waals surface area contributed by atoms with E-state index >= 15 is 0 Å². The number of carboxylic acid groups (broad SMARTS) is 1. The summed E-state index contributed by atoms with van der Waals surface area (Å²) in [7, 11) is -0.468. The minimum atomic E-state index is -0.838. The number of hydroxylamine groups is 1. The van der Waals surface area contributed by atoms with Crippen molar-refractivity contribution < 1.29 is 24.0 Å². The summed E-state index contributed by atoms with van der Waals surface area (Å²) in [5.41, 5.74) is 3.60. The third-order valence-electron chi connectivity index (χ3n) is 4.94. The Labute approximate surface area is 136 Å². The van der Waals surface area contributed by atoms with Crippen LogP contribution in [0.1, 0.15) is 33.3 Å². The van der Waals surface area contributed by atoms with E-state index in [2.05, 4.69) is 5.48 Å². The standard InChI is InChI=1S/C16H22BNO5/c1-15(2)16(3,4)23-17(22-15)12-5-6-13-10(8-12)7-11(14(19)20)9-18-21-13/h5-6,8,11,18H,7,9H2,1-4H3,(H,19,20). The molecule has 2 heterocycles. The van der Waals surface area contributed by atoms with Gasteiger partial charge in [0.15, 0.2) is 0 Å². The maximum atomic E-state index is 11.3. The Morgan fingerprint density at radius 2 is 1.91 bits per heavy atom. The van der Waals surface area contributed by atoms with E-state index in [4.69, 9.17) is 14.1 Å². The molecule has 2 aliphatic heterocycles. The number of aliphatic carboxylic acids is 1. The minimum absolute atomic E-state index is 0.274. The number of carbonyl (C=O) groups is 1. The summed E-state index contributed by atoms with van der Waals surface area (Å²) in [4.78, 5) is 16.7. The monoisotopic (exact) mass is 319 g/mol. The second-order valence-corrected chi connectivity index (χ2v) is 7.15. The molecule has 1 aromatic carbocycles. The Morgan fingerprint density at radius 3 is 2.52 bits per heavy atom. The molecule has 0 spiro atoms. The summed E-state index contributed by atoms with van der Waals surface area (Å²) >= 11 is 0. The lowest BCUT2D eigenvalue weighted by Crippen LogP contribution is -2.41. The van der Waals surface area contributed by atoms with Gasteiger partial charge in [0, 0.05) is 6.54 Å². The molecule has 1 saturated heterocycles. The van der Waals surface area contributed by atoms with Crippen LogP contribution in [0.15, 0.2) is 18.2 Å².